The number of phenolic OH excluding ortho intramolecular Hbond substituents is 4. The SMILES string of the molecule is C=C1OC(=O)c2c(cc3c(c2O)C(O)=CC(=O)/C3=C2/C(=O)OC(CCCCCCC)c3c2cc(O)c(O)c3O)C1O. The van der Waals surface area contributed by atoms with Crippen LogP contribution in [0.3, 0.4) is 0 Å². The number of aliphatic hydroxyl groups is 2. The molecule has 0 aromatic heterocycles. The fourth-order valence-corrected chi connectivity index (χ4v) is 5.56. The number of allylic oxidation sites excluding steroid dienone is 2. The fraction of sp³-hybridized carbons (Fsp3) is 0.300. The van der Waals surface area contributed by atoms with E-state index in [4.69, 9.17) is 9.47 Å². The van der Waals surface area contributed by atoms with Crippen LogP contribution in [-0.4, -0.2) is 48.4 Å². The Morgan fingerprint density at radius 2 is 1.54 bits per heavy atom. The number of ether oxygens (including phenoxy) is 2. The van der Waals surface area contributed by atoms with Crippen molar-refractivity contribution in [3.63, 3.8) is 0 Å². The zero-order valence-corrected chi connectivity index (χ0v) is 22.1. The Balaban J connectivity index is 1.76. The lowest BCUT2D eigenvalue weighted by Crippen LogP contribution is -2.26. The molecule has 0 bridgehead atoms. The lowest BCUT2D eigenvalue weighted by molar-refractivity contribution is -0.143. The van der Waals surface area contributed by atoms with Crippen LogP contribution in [0.4, 0.5) is 0 Å². The predicted octanol–water partition coefficient (Wildman–Crippen LogP) is 4.58. The maximum absolute atomic E-state index is 13.5. The molecule has 11 nitrogen and oxygen atoms in total. The molecule has 0 saturated carbocycles. The summed E-state index contributed by atoms with van der Waals surface area (Å²) in [4.78, 5) is 39.4. The molecule has 0 radical (unpaired) electrons. The van der Waals surface area contributed by atoms with Crippen molar-refractivity contribution >= 4 is 34.6 Å². The highest BCUT2D eigenvalue weighted by Crippen LogP contribution is 2.53. The average Bonchev–Trinajstić information content (AvgIpc) is 2.91. The molecular weight excluding hydrogens is 536 g/mol. The van der Waals surface area contributed by atoms with E-state index in [9.17, 15) is 45.0 Å². The number of aliphatic hydroxyl groups excluding tert-OH is 2. The van der Waals surface area contributed by atoms with Crippen LogP contribution in [0, 0.1) is 0 Å². The summed E-state index contributed by atoms with van der Waals surface area (Å²) in [6.07, 6.45) is 2.87. The van der Waals surface area contributed by atoms with Crippen LogP contribution in [0.15, 0.2) is 30.5 Å². The van der Waals surface area contributed by atoms with Gasteiger partial charge in [0.2, 0.25) is 5.75 Å². The summed E-state index contributed by atoms with van der Waals surface area (Å²) in [7, 11) is 0. The molecule has 0 saturated heterocycles. The van der Waals surface area contributed by atoms with Crippen molar-refractivity contribution in [2.24, 2.45) is 0 Å². The van der Waals surface area contributed by atoms with Crippen molar-refractivity contribution in [3.8, 4) is 23.0 Å². The van der Waals surface area contributed by atoms with Crippen LogP contribution in [0.2, 0.25) is 0 Å². The highest BCUT2D eigenvalue weighted by Gasteiger charge is 2.42. The van der Waals surface area contributed by atoms with Crippen molar-refractivity contribution in [1.82, 2.24) is 0 Å². The van der Waals surface area contributed by atoms with E-state index in [1.807, 2.05) is 0 Å². The molecule has 2 heterocycles. The third-order valence-electron chi connectivity index (χ3n) is 7.56. The second-order valence-electron chi connectivity index (χ2n) is 10.2. The van der Waals surface area contributed by atoms with Crippen LogP contribution < -0.4 is 0 Å². The first-order chi connectivity index (χ1) is 19.5. The highest BCUT2D eigenvalue weighted by atomic mass is 16.6. The molecule has 214 valence electrons. The van der Waals surface area contributed by atoms with Gasteiger partial charge >= 0.3 is 11.9 Å². The summed E-state index contributed by atoms with van der Waals surface area (Å²) >= 11 is 0. The van der Waals surface area contributed by atoms with Crippen molar-refractivity contribution in [1.29, 1.82) is 0 Å². The van der Waals surface area contributed by atoms with Gasteiger partial charge in [-0.25, -0.2) is 9.59 Å². The minimum atomic E-state index is -1.60. The molecule has 41 heavy (non-hydrogen) atoms. The Bertz CT molecular complexity index is 1590. The molecule has 2 aromatic rings. The fourth-order valence-electron chi connectivity index (χ4n) is 5.56. The average molecular weight is 565 g/mol. The van der Waals surface area contributed by atoms with Crippen LogP contribution >= 0.6 is 0 Å². The van der Waals surface area contributed by atoms with E-state index in [2.05, 4.69) is 13.5 Å². The number of phenols is 4. The molecule has 0 amide bonds. The minimum Gasteiger partial charge on any atom is -0.507 e. The van der Waals surface area contributed by atoms with Gasteiger partial charge in [0.1, 0.15) is 35.0 Å². The Hall–Kier alpha value is -4.77. The number of rotatable bonds is 6. The van der Waals surface area contributed by atoms with Crippen molar-refractivity contribution in [2.75, 3.05) is 0 Å². The van der Waals surface area contributed by atoms with E-state index in [1.54, 1.807) is 0 Å². The Labute approximate surface area is 233 Å². The molecule has 2 unspecified atom stereocenters. The van der Waals surface area contributed by atoms with Crippen LogP contribution in [-0.2, 0) is 19.1 Å². The monoisotopic (exact) mass is 564 g/mol. The normalized spacial score (nSPS) is 21.5. The molecule has 5 rings (SSSR count). The van der Waals surface area contributed by atoms with Gasteiger partial charge in [0.05, 0.1) is 11.1 Å². The maximum Gasteiger partial charge on any atom is 0.347 e. The highest BCUT2D eigenvalue weighted by molar-refractivity contribution is 6.44. The van der Waals surface area contributed by atoms with Gasteiger partial charge in [0.25, 0.3) is 0 Å². The number of esters is 2. The van der Waals surface area contributed by atoms with E-state index in [1.165, 1.54) is 0 Å². The number of cyclic esters (lactones) is 2. The van der Waals surface area contributed by atoms with Gasteiger partial charge in [0, 0.05) is 33.9 Å². The van der Waals surface area contributed by atoms with Gasteiger partial charge in [-0.05, 0) is 25.0 Å². The van der Waals surface area contributed by atoms with Crippen molar-refractivity contribution < 1.29 is 54.5 Å². The molecule has 0 spiro atoms. The smallest absolute Gasteiger partial charge is 0.347 e. The lowest BCUT2D eigenvalue weighted by Gasteiger charge is -2.31. The number of aromatic hydroxyl groups is 4. The third kappa shape index (κ3) is 4.38. The Morgan fingerprint density at radius 3 is 2.24 bits per heavy atom. The summed E-state index contributed by atoms with van der Waals surface area (Å²) < 4.78 is 10.6. The number of fused-ring (bicyclic) bond motifs is 3. The van der Waals surface area contributed by atoms with Gasteiger partial charge in [-0.15, -0.1) is 0 Å². The minimum absolute atomic E-state index is 0.0230. The van der Waals surface area contributed by atoms with Gasteiger partial charge in [-0.3, -0.25) is 4.79 Å². The van der Waals surface area contributed by atoms with E-state index < -0.39 is 75.4 Å². The molecule has 2 atom stereocenters. The third-order valence-corrected chi connectivity index (χ3v) is 7.56. The first-order valence-electron chi connectivity index (χ1n) is 13.2. The zero-order chi connectivity index (χ0) is 29.7. The van der Waals surface area contributed by atoms with Crippen molar-refractivity contribution in [2.45, 2.75) is 57.7 Å². The number of hydrogen-bond acceptors (Lipinski definition) is 11. The lowest BCUT2D eigenvalue weighted by atomic mass is 9.79. The van der Waals surface area contributed by atoms with Crippen molar-refractivity contribution in [3.05, 3.63) is 63.9 Å². The number of benzene rings is 2. The summed E-state index contributed by atoms with van der Waals surface area (Å²) in [5.41, 5.74) is -2.20. The molecule has 2 aliphatic heterocycles. The second kappa shape index (κ2) is 10.3. The molecule has 1 aliphatic carbocycles. The first kappa shape index (κ1) is 27.8. The van der Waals surface area contributed by atoms with Crippen LogP contribution in [0.5, 0.6) is 23.0 Å². The van der Waals surface area contributed by atoms with E-state index in [0.29, 0.717) is 12.8 Å². The van der Waals surface area contributed by atoms with Gasteiger partial charge in [-0.1, -0.05) is 39.2 Å². The first-order valence-corrected chi connectivity index (χ1v) is 13.2. The molecular formula is C30H28O11. The summed E-state index contributed by atoms with van der Waals surface area (Å²) in [6, 6.07) is 2.17. The molecule has 6 N–H and O–H groups in total. The summed E-state index contributed by atoms with van der Waals surface area (Å²) in [6.45, 7) is 5.54. The summed E-state index contributed by atoms with van der Waals surface area (Å²) in [5.74, 6) is -7.13. The predicted molar refractivity (Wildman–Crippen MR) is 144 cm³/mol. The van der Waals surface area contributed by atoms with E-state index >= 15 is 0 Å². The van der Waals surface area contributed by atoms with E-state index in [0.717, 1.165) is 43.9 Å². The van der Waals surface area contributed by atoms with Gasteiger partial charge < -0.3 is 40.1 Å². The van der Waals surface area contributed by atoms with Gasteiger partial charge in [0.15, 0.2) is 17.3 Å². The molecule has 0 fully saturated rings. The van der Waals surface area contributed by atoms with Gasteiger partial charge in [-0.2, -0.15) is 0 Å². The molecule has 11 heteroatoms. The largest absolute Gasteiger partial charge is 0.507 e. The number of carbonyl (C=O) groups is 3. The van der Waals surface area contributed by atoms with E-state index in [-0.39, 0.29) is 33.6 Å². The zero-order valence-electron chi connectivity index (χ0n) is 22.1. The standard InChI is InChI=1S/C30H28O11/c1-3-4-5-6-7-8-19-22-14(10-18(33)26(35)28(22)37)23(29(38)41-19)20-13-9-15-24(30(39)40-12(2)25(15)34)27(36)21(13)17(32)11-16(20)31/h9-11,19,25,32-37H,2-8H2,1H3/b23-20+. The number of unbranched alkanes of at least 4 members (excludes halogenated alkanes) is 4. The van der Waals surface area contributed by atoms with Crippen LogP contribution in [0.1, 0.15) is 95.8 Å². The topological polar surface area (TPSA) is 191 Å². The second-order valence-corrected chi connectivity index (χ2v) is 10.2. The Morgan fingerprint density at radius 1 is 0.829 bits per heavy atom. The number of ketones is 1. The number of hydrogen-bond donors (Lipinski definition) is 6. The Kier molecular flexibility index (Phi) is 7.00. The summed E-state index contributed by atoms with van der Waals surface area (Å²) in [5, 5.41) is 63.8. The van der Waals surface area contributed by atoms with Crippen LogP contribution in [0.25, 0.3) is 16.9 Å². The molecule has 3 aliphatic rings. The number of carbonyl (C=O) groups excluding carboxylic acids is 3. The maximum atomic E-state index is 13.5. The molecule has 2 aromatic carbocycles. The quantitative estimate of drug-likeness (QED) is 0.125.